The van der Waals surface area contributed by atoms with Gasteiger partial charge in [-0.2, -0.15) is 8.78 Å². The van der Waals surface area contributed by atoms with Crippen molar-refractivity contribution in [3.8, 4) is 11.5 Å². The fraction of sp³-hybridized carbons (Fsp3) is 0.300. The highest BCUT2D eigenvalue weighted by molar-refractivity contribution is 5.54. The highest BCUT2D eigenvalue weighted by Gasteiger charge is 2.24. The first-order valence-electron chi connectivity index (χ1n) is 9.04. The lowest BCUT2D eigenvalue weighted by Crippen LogP contribution is -2.52. The van der Waals surface area contributed by atoms with Gasteiger partial charge in [0.1, 0.15) is 5.82 Å². The van der Waals surface area contributed by atoms with Crippen LogP contribution in [0.25, 0.3) is 11.5 Å². The van der Waals surface area contributed by atoms with E-state index in [1.54, 1.807) is 12.1 Å². The van der Waals surface area contributed by atoms with E-state index in [4.69, 9.17) is 4.42 Å². The quantitative estimate of drug-likeness (QED) is 0.720. The molecule has 0 saturated carbocycles. The number of rotatable bonds is 5. The summed E-state index contributed by atoms with van der Waals surface area (Å²) in [5.41, 5.74) is 1.94. The smallest absolute Gasteiger partial charge is 0.314 e. The van der Waals surface area contributed by atoms with Crippen LogP contribution in [-0.2, 0) is 6.42 Å². The van der Waals surface area contributed by atoms with Gasteiger partial charge in [0.15, 0.2) is 0 Å². The number of aromatic nitrogens is 2. The van der Waals surface area contributed by atoms with E-state index in [0.717, 1.165) is 25.3 Å². The van der Waals surface area contributed by atoms with Gasteiger partial charge in [-0.3, -0.25) is 0 Å². The van der Waals surface area contributed by atoms with Crippen LogP contribution in [0.15, 0.2) is 52.9 Å². The monoisotopic (exact) mass is 388 g/mol. The number of alkyl halides is 2. The Morgan fingerprint density at radius 2 is 1.96 bits per heavy atom. The summed E-state index contributed by atoms with van der Waals surface area (Å²) in [6.45, 7) is 2.46. The number of nitrogens with one attached hydrogen (secondary N) is 1. The van der Waals surface area contributed by atoms with Crippen LogP contribution in [0.3, 0.4) is 0 Å². The Kier molecular flexibility index (Phi) is 5.29. The molecule has 0 spiro atoms. The molecule has 5 nitrogen and oxygen atoms in total. The summed E-state index contributed by atoms with van der Waals surface area (Å²) in [5, 5.41) is 10.2. The molecule has 1 N–H and O–H groups in total. The number of hydrogen-bond donors (Lipinski definition) is 1. The van der Waals surface area contributed by atoms with E-state index in [-0.39, 0.29) is 17.5 Å². The third-order valence-electron chi connectivity index (χ3n) is 4.82. The number of halogens is 3. The fourth-order valence-electron chi connectivity index (χ4n) is 3.44. The summed E-state index contributed by atoms with van der Waals surface area (Å²) < 4.78 is 44.8. The maximum atomic E-state index is 14.7. The second-order valence-electron chi connectivity index (χ2n) is 6.64. The molecule has 1 saturated heterocycles. The third kappa shape index (κ3) is 3.87. The summed E-state index contributed by atoms with van der Waals surface area (Å²) in [4.78, 5) is 2.27. The largest absolute Gasteiger partial charge is 0.415 e. The molecule has 0 bridgehead atoms. The molecular weight excluding hydrogens is 369 g/mol. The average Bonchev–Trinajstić information content (AvgIpc) is 3.21. The molecule has 2 heterocycles. The van der Waals surface area contributed by atoms with Gasteiger partial charge >= 0.3 is 6.43 Å². The Balaban J connectivity index is 1.54. The summed E-state index contributed by atoms with van der Waals surface area (Å²) >= 11 is 0. The SMILES string of the molecule is Fc1cc(-c2nnc(C(F)F)o2)ccc1CC1CNCCN1c1ccccc1. The summed E-state index contributed by atoms with van der Waals surface area (Å²) in [6, 6.07) is 14.7. The fourth-order valence-corrected chi connectivity index (χ4v) is 3.44. The van der Waals surface area contributed by atoms with Gasteiger partial charge in [-0.15, -0.1) is 10.2 Å². The summed E-state index contributed by atoms with van der Waals surface area (Å²) in [6.07, 6.45) is -2.34. The minimum absolute atomic E-state index is 0.102. The standard InChI is InChI=1S/C20H19F3N4O/c21-17-11-14(19-25-26-20(28-19)18(22)23)7-6-13(17)10-16-12-24-8-9-27(16)15-4-2-1-3-5-15/h1-7,11,16,18,24H,8-10,12H2. The molecule has 1 aromatic heterocycles. The van der Waals surface area contributed by atoms with E-state index >= 15 is 0 Å². The molecule has 3 aromatic rings. The molecule has 1 unspecified atom stereocenters. The Morgan fingerprint density at radius 1 is 1.14 bits per heavy atom. The number of para-hydroxylation sites is 1. The maximum Gasteiger partial charge on any atom is 0.314 e. The lowest BCUT2D eigenvalue weighted by atomic mass is 10.00. The van der Waals surface area contributed by atoms with Crippen LogP contribution < -0.4 is 10.2 Å². The van der Waals surface area contributed by atoms with Crippen molar-refractivity contribution in [1.82, 2.24) is 15.5 Å². The van der Waals surface area contributed by atoms with Crippen LogP contribution in [0.2, 0.25) is 0 Å². The number of hydrogen-bond acceptors (Lipinski definition) is 5. The van der Waals surface area contributed by atoms with Crippen molar-refractivity contribution in [1.29, 1.82) is 0 Å². The Hall–Kier alpha value is -2.87. The van der Waals surface area contributed by atoms with Crippen molar-refractivity contribution >= 4 is 5.69 Å². The first-order chi connectivity index (χ1) is 13.6. The normalized spacial score (nSPS) is 17.3. The molecule has 2 aromatic carbocycles. The highest BCUT2D eigenvalue weighted by atomic mass is 19.3. The second kappa shape index (κ2) is 8.02. The number of anilines is 1. The van der Waals surface area contributed by atoms with Crippen molar-refractivity contribution in [3.63, 3.8) is 0 Å². The minimum atomic E-state index is -2.85. The average molecular weight is 388 g/mol. The molecule has 0 aliphatic carbocycles. The van der Waals surface area contributed by atoms with Crippen LogP contribution in [0.1, 0.15) is 17.9 Å². The van der Waals surface area contributed by atoms with Crippen molar-refractivity contribution in [2.24, 2.45) is 0 Å². The van der Waals surface area contributed by atoms with E-state index in [0.29, 0.717) is 12.0 Å². The van der Waals surface area contributed by atoms with Gasteiger partial charge in [0.2, 0.25) is 5.89 Å². The summed E-state index contributed by atoms with van der Waals surface area (Å²) in [5.74, 6) is -1.31. The minimum Gasteiger partial charge on any atom is -0.415 e. The number of piperazine rings is 1. The van der Waals surface area contributed by atoms with Gasteiger partial charge < -0.3 is 14.6 Å². The third-order valence-corrected chi connectivity index (χ3v) is 4.82. The van der Waals surface area contributed by atoms with Crippen molar-refractivity contribution in [2.75, 3.05) is 24.5 Å². The van der Waals surface area contributed by atoms with Gasteiger partial charge in [-0.05, 0) is 36.2 Å². The van der Waals surface area contributed by atoms with E-state index < -0.39 is 18.1 Å². The van der Waals surface area contributed by atoms with E-state index in [9.17, 15) is 13.2 Å². The molecule has 146 valence electrons. The first kappa shape index (κ1) is 18.5. The number of nitrogens with zero attached hydrogens (tertiary/aromatic N) is 3. The molecule has 28 heavy (non-hydrogen) atoms. The molecule has 0 radical (unpaired) electrons. The Morgan fingerprint density at radius 3 is 2.68 bits per heavy atom. The number of benzene rings is 2. The van der Waals surface area contributed by atoms with Crippen LogP contribution in [0.5, 0.6) is 0 Å². The molecule has 1 aliphatic rings. The molecule has 8 heteroatoms. The zero-order valence-corrected chi connectivity index (χ0v) is 15.0. The zero-order valence-electron chi connectivity index (χ0n) is 15.0. The van der Waals surface area contributed by atoms with E-state index in [1.165, 1.54) is 6.07 Å². The highest BCUT2D eigenvalue weighted by Crippen LogP contribution is 2.26. The molecule has 1 aliphatic heterocycles. The second-order valence-corrected chi connectivity index (χ2v) is 6.64. The van der Waals surface area contributed by atoms with Crippen LogP contribution in [-0.4, -0.2) is 35.9 Å². The van der Waals surface area contributed by atoms with E-state index in [1.807, 2.05) is 30.3 Å². The van der Waals surface area contributed by atoms with Crippen molar-refractivity contribution in [3.05, 3.63) is 65.8 Å². The van der Waals surface area contributed by atoms with Gasteiger partial charge in [-0.1, -0.05) is 24.3 Å². The van der Waals surface area contributed by atoms with Gasteiger partial charge in [-0.25, -0.2) is 4.39 Å². The molecule has 1 fully saturated rings. The Bertz CT molecular complexity index is 932. The van der Waals surface area contributed by atoms with Gasteiger partial charge in [0.25, 0.3) is 5.89 Å². The lowest BCUT2D eigenvalue weighted by molar-refractivity contribution is 0.116. The molecule has 1 atom stereocenters. The van der Waals surface area contributed by atoms with Crippen molar-refractivity contribution in [2.45, 2.75) is 18.9 Å². The molecule has 0 amide bonds. The summed E-state index contributed by atoms with van der Waals surface area (Å²) in [7, 11) is 0. The predicted molar refractivity (Wildman–Crippen MR) is 98.8 cm³/mol. The van der Waals surface area contributed by atoms with E-state index in [2.05, 4.69) is 20.4 Å². The Labute approximate surface area is 160 Å². The topological polar surface area (TPSA) is 54.2 Å². The maximum absolute atomic E-state index is 14.7. The zero-order chi connectivity index (χ0) is 19.5. The lowest BCUT2D eigenvalue weighted by Gasteiger charge is -2.38. The van der Waals surface area contributed by atoms with Crippen LogP contribution >= 0.6 is 0 Å². The molecule has 4 rings (SSSR count). The van der Waals surface area contributed by atoms with Gasteiger partial charge in [0.05, 0.1) is 0 Å². The van der Waals surface area contributed by atoms with Crippen LogP contribution in [0, 0.1) is 5.82 Å². The molecular formula is C20H19F3N4O. The first-order valence-corrected chi connectivity index (χ1v) is 9.04. The van der Waals surface area contributed by atoms with Gasteiger partial charge in [0, 0.05) is 36.9 Å². The van der Waals surface area contributed by atoms with Crippen molar-refractivity contribution < 1.29 is 17.6 Å². The van der Waals surface area contributed by atoms with Crippen LogP contribution in [0.4, 0.5) is 18.9 Å². The predicted octanol–water partition coefficient (Wildman–Crippen LogP) is 3.83.